The van der Waals surface area contributed by atoms with Gasteiger partial charge in [0.25, 0.3) is 0 Å². The second kappa shape index (κ2) is 7.08. The standard InChI is InChI=1S/C15H18FN3O4/c1-3-19-8-9(6-13(19)20)14(21)17-10-4-5-11(16)12(7-10)18-15(22)23-2/h4-5,7,9H,3,6,8H2,1-2H3,(H,17,21)(H,18,22). The molecule has 0 spiro atoms. The highest BCUT2D eigenvalue weighted by atomic mass is 19.1. The molecule has 8 heteroatoms. The summed E-state index contributed by atoms with van der Waals surface area (Å²) in [6, 6.07) is 3.79. The molecule has 2 N–H and O–H groups in total. The van der Waals surface area contributed by atoms with Gasteiger partial charge in [0.2, 0.25) is 11.8 Å². The SMILES string of the molecule is CCN1CC(C(=O)Nc2ccc(F)c(NC(=O)OC)c2)CC1=O. The highest BCUT2D eigenvalue weighted by molar-refractivity contribution is 5.97. The molecule has 1 saturated heterocycles. The monoisotopic (exact) mass is 323 g/mol. The van der Waals surface area contributed by atoms with Gasteiger partial charge in [-0.1, -0.05) is 0 Å². The Kier molecular flexibility index (Phi) is 5.15. The lowest BCUT2D eigenvalue weighted by atomic mass is 10.1. The topological polar surface area (TPSA) is 87.7 Å². The molecule has 1 fully saturated rings. The molecular weight excluding hydrogens is 305 g/mol. The van der Waals surface area contributed by atoms with Gasteiger partial charge in [-0.25, -0.2) is 9.18 Å². The van der Waals surface area contributed by atoms with Gasteiger partial charge in [0.15, 0.2) is 0 Å². The van der Waals surface area contributed by atoms with E-state index < -0.39 is 17.8 Å². The number of benzene rings is 1. The van der Waals surface area contributed by atoms with Crippen LogP contribution in [0.3, 0.4) is 0 Å². The van der Waals surface area contributed by atoms with Crippen LogP contribution in [0.1, 0.15) is 13.3 Å². The first-order valence-corrected chi connectivity index (χ1v) is 7.17. The summed E-state index contributed by atoms with van der Waals surface area (Å²) in [7, 11) is 1.16. The number of carbonyl (C=O) groups is 3. The minimum absolute atomic E-state index is 0.0557. The van der Waals surface area contributed by atoms with Gasteiger partial charge in [0.05, 0.1) is 18.7 Å². The van der Waals surface area contributed by atoms with E-state index in [9.17, 15) is 18.8 Å². The van der Waals surface area contributed by atoms with Gasteiger partial charge in [-0.3, -0.25) is 14.9 Å². The van der Waals surface area contributed by atoms with Crippen LogP contribution in [-0.4, -0.2) is 43.0 Å². The van der Waals surface area contributed by atoms with E-state index in [2.05, 4.69) is 15.4 Å². The summed E-state index contributed by atoms with van der Waals surface area (Å²) < 4.78 is 18.0. The van der Waals surface area contributed by atoms with Crippen LogP contribution in [0, 0.1) is 11.7 Å². The van der Waals surface area contributed by atoms with Crippen molar-refractivity contribution in [3.05, 3.63) is 24.0 Å². The number of halogens is 1. The zero-order valence-electron chi connectivity index (χ0n) is 12.9. The Balaban J connectivity index is 2.05. The van der Waals surface area contributed by atoms with Gasteiger partial charge in [-0.2, -0.15) is 0 Å². The fraction of sp³-hybridized carbons (Fsp3) is 0.400. The predicted molar refractivity (Wildman–Crippen MR) is 81.4 cm³/mol. The van der Waals surface area contributed by atoms with Gasteiger partial charge >= 0.3 is 6.09 Å². The van der Waals surface area contributed by atoms with Crippen molar-refractivity contribution in [3.8, 4) is 0 Å². The predicted octanol–water partition coefficient (Wildman–Crippen LogP) is 1.81. The average molecular weight is 323 g/mol. The highest BCUT2D eigenvalue weighted by Crippen LogP contribution is 2.23. The molecule has 1 heterocycles. The molecule has 23 heavy (non-hydrogen) atoms. The molecule has 2 rings (SSSR count). The van der Waals surface area contributed by atoms with E-state index in [0.717, 1.165) is 13.2 Å². The number of hydrogen-bond donors (Lipinski definition) is 2. The third-order valence-corrected chi connectivity index (χ3v) is 3.62. The number of anilines is 2. The van der Waals surface area contributed by atoms with E-state index in [1.54, 1.807) is 4.90 Å². The molecule has 1 aliphatic heterocycles. The number of likely N-dealkylation sites (tertiary alicyclic amines) is 1. The first-order valence-electron chi connectivity index (χ1n) is 7.17. The minimum Gasteiger partial charge on any atom is -0.453 e. The van der Waals surface area contributed by atoms with E-state index in [4.69, 9.17) is 0 Å². The molecule has 1 unspecified atom stereocenters. The molecule has 0 aliphatic carbocycles. The van der Waals surface area contributed by atoms with Crippen LogP contribution in [0.25, 0.3) is 0 Å². The summed E-state index contributed by atoms with van der Waals surface area (Å²) in [6.45, 7) is 2.78. The van der Waals surface area contributed by atoms with Crippen molar-refractivity contribution in [2.24, 2.45) is 5.92 Å². The fourth-order valence-corrected chi connectivity index (χ4v) is 2.36. The Labute approximate surface area is 132 Å². The van der Waals surface area contributed by atoms with Crippen LogP contribution in [0.15, 0.2) is 18.2 Å². The number of rotatable bonds is 4. The van der Waals surface area contributed by atoms with Crippen LogP contribution in [0.4, 0.5) is 20.6 Å². The van der Waals surface area contributed by atoms with Crippen molar-refractivity contribution in [2.75, 3.05) is 30.8 Å². The Bertz CT molecular complexity index is 635. The van der Waals surface area contributed by atoms with Crippen molar-refractivity contribution in [1.82, 2.24) is 4.90 Å². The summed E-state index contributed by atoms with van der Waals surface area (Å²) >= 11 is 0. The molecule has 1 aromatic rings. The fourth-order valence-electron chi connectivity index (χ4n) is 2.36. The van der Waals surface area contributed by atoms with E-state index >= 15 is 0 Å². The third kappa shape index (κ3) is 3.97. The number of carbonyl (C=O) groups excluding carboxylic acids is 3. The minimum atomic E-state index is -0.813. The summed E-state index contributed by atoms with van der Waals surface area (Å²) in [5, 5.41) is 4.85. The van der Waals surface area contributed by atoms with Crippen LogP contribution in [0.2, 0.25) is 0 Å². The smallest absolute Gasteiger partial charge is 0.411 e. The molecule has 3 amide bonds. The van der Waals surface area contributed by atoms with E-state index in [1.807, 2.05) is 6.92 Å². The van der Waals surface area contributed by atoms with Crippen molar-refractivity contribution in [1.29, 1.82) is 0 Å². The van der Waals surface area contributed by atoms with Crippen molar-refractivity contribution >= 4 is 29.3 Å². The number of amides is 3. The van der Waals surface area contributed by atoms with Crippen molar-refractivity contribution in [2.45, 2.75) is 13.3 Å². The third-order valence-electron chi connectivity index (χ3n) is 3.62. The maximum absolute atomic E-state index is 13.6. The maximum atomic E-state index is 13.6. The molecule has 1 aliphatic rings. The van der Waals surface area contributed by atoms with E-state index in [-0.39, 0.29) is 23.9 Å². The number of methoxy groups -OCH3 is 1. The molecule has 0 saturated carbocycles. The van der Waals surface area contributed by atoms with Crippen LogP contribution < -0.4 is 10.6 Å². The lowest BCUT2D eigenvalue weighted by Gasteiger charge is -2.14. The summed E-state index contributed by atoms with van der Waals surface area (Å²) in [4.78, 5) is 36.6. The summed E-state index contributed by atoms with van der Waals surface area (Å²) in [5.41, 5.74) is 0.220. The Morgan fingerprint density at radius 3 is 2.74 bits per heavy atom. The van der Waals surface area contributed by atoms with Gasteiger partial charge < -0.3 is 15.0 Å². The Morgan fingerprint density at radius 2 is 2.13 bits per heavy atom. The van der Waals surface area contributed by atoms with E-state index in [0.29, 0.717) is 18.8 Å². The number of hydrogen-bond acceptors (Lipinski definition) is 4. The molecule has 0 bridgehead atoms. The zero-order valence-corrected chi connectivity index (χ0v) is 12.9. The Hall–Kier alpha value is -2.64. The quantitative estimate of drug-likeness (QED) is 0.884. The number of nitrogens with one attached hydrogen (secondary N) is 2. The molecular formula is C15H18FN3O4. The molecule has 1 aromatic carbocycles. The highest BCUT2D eigenvalue weighted by Gasteiger charge is 2.33. The second-order valence-electron chi connectivity index (χ2n) is 5.13. The first-order chi connectivity index (χ1) is 10.9. The molecule has 0 radical (unpaired) electrons. The zero-order chi connectivity index (χ0) is 17.0. The van der Waals surface area contributed by atoms with Crippen LogP contribution in [0.5, 0.6) is 0 Å². The molecule has 1 atom stereocenters. The molecule has 0 aromatic heterocycles. The number of ether oxygens (including phenoxy) is 1. The van der Waals surface area contributed by atoms with E-state index in [1.165, 1.54) is 12.1 Å². The molecule has 7 nitrogen and oxygen atoms in total. The maximum Gasteiger partial charge on any atom is 0.411 e. The normalized spacial score (nSPS) is 17.1. The summed E-state index contributed by atoms with van der Waals surface area (Å²) in [5.74, 6) is -1.46. The largest absolute Gasteiger partial charge is 0.453 e. The second-order valence-corrected chi connectivity index (χ2v) is 5.13. The lowest BCUT2D eigenvalue weighted by molar-refractivity contribution is -0.128. The lowest BCUT2D eigenvalue weighted by Crippen LogP contribution is -2.28. The van der Waals surface area contributed by atoms with Crippen molar-refractivity contribution < 1.29 is 23.5 Å². The van der Waals surface area contributed by atoms with Gasteiger partial charge in [-0.15, -0.1) is 0 Å². The summed E-state index contributed by atoms with van der Waals surface area (Å²) in [6.07, 6.45) is -0.652. The van der Waals surface area contributed by atoms with Gasteiger partial charge in [0.1, 0.15) is 5.82 Å². The number of nitrogens with zero attached hydrogens (tertiary/aromatic N) is 1. The van der Waals surface area contributed by atoms with Gasteiger partial charge in [0, 0.05) is 25.2 Å². The molecule has 124 valence electrons. The van der Waals surface area contributed by atoms with Crippen LogP contribution in [-0.2, 0) is 14.3 Å². The average Bonchev–Trinajstić information content (AvgIpc) is 2.91. The first kappa shape index (κ1) is 16.7. The van der Waals surface area contributed by atoms with Gasteiger partial charge in [-0.05, 0) is 25.1 Å². The van der Waals surface area contributed by atoms with Crippen molar-refractivity contribution in [3.63, 3.8) is 0 Å². The van der Waals surface area contributed by atoms with Crippen LogP contribution >= 0.6 is 0 Å². The Morgan fingerprint density at radius 1 is 1.39 bits per heavy atom.